The number of benzene rings is 2. The zero-order valence-electron chi connectivity index (χ0n) is 16.1. The van der Waals surface area contributed by atoms with Gasteiger partial charge in [-0.3, -0.25) is 4.79 Å². The molecule has 0 spiro atoms. The van der Waals surface area contributed by atoms with Crippen LogP contribution in [0.4, 0.5) is 5.13 Å². The molecule has 154 valence electrons. The van der Waals surface area contributed by atoms with Gasteiger partial charge in [0.15, 0.2) is 16.6 Å². The first-order valence-corrected chi connectivity index (χ1v) is 11.2. The highest BCUT2D eigenvalue weighted by Gasteiger charge is 2.52. The SMILES string of the molecule is C[C@H](c1ccc(Cl)c(Cl)c1)c1cnc(NC(=O)C2(c3ccc4c(c3)OCO4)CC2)s1. The predicted molar refractivity (Wildman–Crippen MR) is 118 cm³/mol. The van der Waals surface area contributed by atoms with E-state index in [9.17, 15) is 4.79 Å². The van der Waals surface area contributed by atoms with Crippen LogP contribution in [0.5, 0.6) is 11.5 Å². The van der Waals surface area contributed by atoms with Crippen molar-refractivity contribution in [1.82, 2.24) is 4.98 Å². The maximum atomic E-state index is 13.1. The number of hydrogen-bond acceptors (Lipinski definition) is 5. The second kappa shape index (κ2) is 7.45. The molecule has 5 rings (SSSR count). The normalized spacial score (nSPS) is 16.9. The number of nitrogens with zero attached hydrogens (tertiary/aromatic N) is 1. The number of hydrogen-bond donors (Lipinski definition) is 1. The van der Waals surface area contributed by atoms with Gasteiger partial charge in [-0.15, -0.1) is 11.3 Å². The monoisotopic (exact) mass is 460 g/mol. The van der Waals surface area contributed by atoms with Crippen LogP contribution in [-0.2, 0) is 10.2 Å². The van der Waals surface area contributed by atoms with Crippen molar-refractivity contribution in [2.24, 2.45) is 0 Å². The van der Waals surface area contributed by atoms with Crippen LogP contribution < -0.4 is 14.8 Å². The lowest BCUT2D eigenvalue weighted by Gasteiger charge is -2.15. The molecule has 1 amide bonds. The molecule has 2 aliphatic rings. The Bertz CT molecular complexity index is 1140. The average molecular weight is 461 g/mol. The molecule has 1 N–H and O–H groups in total. The first-order valence-electron chi connectivity index (χ1n) is 9.58. The number of anilines is 1. The highest BCUT2D eigenvalue weighted by Crippen LogP contribution is 2.51. The standard InChI is InChI=1S/C22H18Cl2N2O3S/c1-12(13-2-4-15(23)16(24)8-13)19-10-25-21(30-19)26-20(27)22(6-7-22)14-3-5-17-18(9-14)29-11-28-17/h2-5,8-10,12H,6-7,11H2,1H3,(H,25,26,27)/t12-/m1/s1. The lowest BCUT2D eigenvalue weighted by molar-refractivity contribution is -0.118. The Morgan fingerprint density at radius 2 is 1.93 bits per heavy atom. The van der Waals surface area contributed by atoms with Crippen molar-refractivity contribution in [1.29, 1.82) is 0 Å². The molecule has 1 aliphatic heterocycles. The fourth-order valence-corrected chi connectivity index (χ4v) is 4.87. The van der Waals surface area contributed by atoms with Crippen LogP contribution in [0.1, 0.15) is 41.7 Å². The third-order valence-corrected chi connectivity index (χ3v) is 7.56. The van der Waals surface area contributed by atoms with Crippen LogP contribution in [0.3, 0.4) is 0 Å². The van der Waals surface area contributed by atoms with E-state index in [1.54, 1.807) is 12.3 Å². The predicted octanol–water partition coefficient (Wildman–Crippen LogP) is 6.00. The summed E-state index contributed by atoms with van der Waals surface area (Å²) in [6, 6.07) is 11.3. The van der Waals surface area contributed by atoms with Gasteiger partial charge in [-0.1, -0.05) is 42.3 Å². The van der Waals surface area contributed by atoms with Crippen molar-refractivity contribution in [3.8, 4) is 11.5 Å². The molecule has 0 saturated heterocycles. The Morgan fingerprint density at radius 3 is 2.70 bits per heavy atom. The minimum absolute atomic E-state index is 0.0375. The first kappa shape index (κ1) is 19.7. The third-order valence-electron chi connectivity index (χ3n) is 5.72. The quantitative estimate of drug-likeness (QED) is 0.506. The molecule has 2 heterocycles. The van der Waals surface area contributed by atoms with Gasteiger partial charge < -0.3 is 14.8 Å². The van der Waals surface area contributed by atoms with E-state index in [4.69, 9.17) is 32.7 Å². The summed E-state index contributed by atoms with van der Waals surface area (Å²) in [5.74, 6) is 1.46. The molecular formula is C22H18Cl2N2O3S. The summed E-state index contributed by atoms with van der Waals surface area (Å²) in [4.78, 5) is 18.5. The van der Waals surface area contributed by atoms with Crippen LogP contribution in [0.15, 0.2) is 42.6 Å². The van der Waals surface area contributed by atoms with E-state index in [2.05, 4.69) is 17.2 Å². The van der Waals surface area contributed by atoms with Gasteiger partial charge in [0.05, 0.1) is 15.5 Å². The van der Waals surface area contributed by atoms with E-state index in [-0.39, 0.29) is 18.6 Å². The van der Waals surface area contributed by atoms with Crippen LogP contribution in [0, 0.1) is 0 Å². The molecule has 1 aliphatic carbocycles. The number of carbonyl (C=O) groups excluding carboxylic acids is 1. The highest BCUT2D eigenvalue weighted by atomic mass is 35.5. The van der Waals surface area contributed by atoms with Crippen LogP contribution in [0.25, 0.3) is 0 Å². The molecule has 0 radical (unpaired) electrons. The fourth-order valence-electron chi connectivity index (χ4n) is 3.67. The van der Waals surface area contributed by atoms with Crippen molar-refractivity contribution >= 4 is 45.6 Å². The number of amides is 1. The summed E-state index contributed by atoms with van der Waals surface area (Å²) in [6.07, 6.45) is 3.40. The van der Waals surface area contributed by atoms with Crippen molar-refractivity contribution in [2.45, 2.75) is 31.1 Å². The Morgan fingerprint density at radius 1 is 1.13 bits per heavy atom. The van der Waals surface area contributed by atoms with E-state index in [1.807, 2.05) is 30.3 Å². The molecule has 1 aromatic heterocycles. The van der Waals surface area contributed by atoms with E-state index in [0.717, 1.165) is 34.6 Å². The van der Waals surface area contributed by atoms with Crippen LogP contribution >= 0.6 is 34.5 Å². The molecule has 5 nitrogen and oxygen atoms in total. The van der Waals surface area contributed by atoms with E-state index < -0.39 is 5.41 Å². The molecular weight excluding hydrogens is 443 g/mol. The molecule has 8 heteroatoms. The Balaban J connectivity index is 1.32. The molecule has 1 fully saturated rings. The molecule has 0 unspecified atom stereocenters. The molecule has 2 aromatic carbocycles. The van der Waals surface area contributed by atoms with Gasteiger partial charge in [-0.05, 0) is 48.2 Å². The second-order valence-corrected chi connectivity index (χ2v) is 9.44. The van der Waals surface area contributed by atoms with Crippen LogP contribution in [-0.4, -0.2) is 17.7 Å². The summed E-state index contributed by atoms with van der Waals surface area (Å²) in [5, 5.41) is 4.66. The molecule has 1 saturated carbocycles. The molecule has 0 bridgehead atoms. The largest absolute Gasteiger partial charge is 0.454 e. The summed E-state index contributed by atoms with van der Waals surface area (Å²) in [5.41, 5.74) is 1.47. The number of carbonyl (C=O) groups is 1. The number of halogens is 2. The lowest BCUT2D eigenvalue weighted by atomic mass is 9.94. The summed E-state index contributed by atoms with van der Waals surface area (Å²) in [7, 11) is 0. The van der Waals surface area contributed by atoms with Crippen molar-refractivity contribution < 1.29 is 14.3 Å². The maximum absolute atomic E-state index is 13.1. The van der Waals surface area contributed by atoms with Gasteiger partial charge in [0.25, 0.3) is 0 Å². The van der Waals surface area contributed by atoms with E-state index >= 15 is 0 Å². The number of rotatable bonds is 5. The van der Waals surface area contributed by atoms with Gasteiger partial charge in [0.1, 0.15) is 0 Å². The Hall–Kier alpha value is -2.28. The van der Waals surface area contributed by atoms with Gasteiger partial charge in [0.2, 0.25) is 12.7 Å². The number of nitrogens with one attached hydrogen (secondary N) is 1. The number of thiazole rings is 1. The highest BCUT2D eigenvalue weighted by molar-refractivity contribution is 7.15. The molecule has 3 aromatic rings. The van der Waals surface area contributed by atoms with Crippen molar-refractivity contribution in [3.63, 3.8) is 0 Å². The number of ether oxygens (including phenoxy) is 2. The minimum atomic E-state index is -0.526. The molecule has 1 atom stereocenters. The second-order valence-electron chi connectivity index (χ2n) is 7.57. The van der Waals surface area contributed by atoms with Crippen molar-refractivity contribution in [3.05, 3.63) is 68.6 Å². The van der Waals surface area contributed by atoms with Gasteiger partial charge in [0, 0.05) is 17.0 Å². The summed E-state index contributed by atoms with van der Waals surface area (Å²) >= 11 is 13.6. The maximum Gasteiger partial charge on any atom is 0.236 e. The molecule has 30 heavy (non-hydrogen) atoms. The first-order chi connectivity index (χ1) is 14.5. The average Bonchev–Trinajstić information content (AvgIpc) is 3.20. The zero-order chi connectivity index (χ0) is 20.9. The summed E-state index contributed by atoms with van der Waals surface area (Å²) in [6.45, 7) is 2.30. The lowest BCUT2D eigenvalue weighted by Crippen LogP contribution is -2.27. The Kier molecular flexibility index (Phi) is 4.88. The van der Waals surface area contributed by atoms with Crippen LogP contribution in [0.2, 0.25) is 10.0 Å². The van der Waals surface area contributed by atoms with E-state index in [1.165, 1.54) is 11.3 Å². The van der Waals surface area contributed by atoms with Gasteiger partial charge in [-0.25, -0.2) is 4.98 Å². The van der Waals surface area contributed by atoms with Gasteiger partial charge >= 0.3 is 0 Å². The fraction of sp³-hybridized carbons (Fsp3) is 0.273. The minimum Gasteiger partial charge on any atom is -0.454 e. The Labute approximate surface area is 187 Å². The zero-order valence-corrected chi connectivity index (χ0v) is 18.4. The van der Waals surface area contributed by atoms with Gasteiger partial charge in [-0.2, -0.15) is 0 Å². The number of fused-ring (bicyclic) bond motifs is 1. The van der Waals surface area contributed by atoms with Crippen molar-refractivity contribution in [2.75, 3.05) is 12.1 Å². The van der Waals surface area contributed by atoms with E-state index in [0.29, 0.717) is 20.9 Å². The summed E-state index contributed by atoms with van der Waals surface area (Å²) < 4.78 is 10.8. The smallest absolute Gasteiger partial charge is 0.236 e. The topological polar surface area (TPSA) is 60.5 Å². The number of aromatic nitrogens is 1. The third kappa shape index (κ3) is 3.43.